The molecule has 4 heteroatoms. The second kappa shape index (κ2) is 6.75. The number of hydrogen-bond acceptors (Lipinski definition) is 4. The van der Waals surface area contributed by atoms with Crippen molar-refractivity contribution in [1.29, 1.82) is 0 Å². The van der Waals surface area contributed by atoms with Gasteiger partial charge in [-0.3, -0.25) is 0 Å². The lowest BCUT2D eigenvalue weighted by Crippen LogP contribution is -2.03. The van der Waals surface area contributed by atoms with Gasteiger partial charge in [-0.25, -0.2) is 4.79 Å². The maximum Gasteiger partial charge on any atom is 0.333 e. The summed E-state index contributed by atoms with van der Waals surface area (Å²) < 4.78 is 11.0. The zero-order valence-electron chi connectivity index (χ0n) is 12.7. The van der Waals surface area contributed by atoms with E-state index in [4.69, 9.17) is 9.15 Å². The zero-order chi connectivity index (χ0) is 16.2. The number of hydrogen-bond donors (Lipinski definition) is 0. The number of carbonyl (C=O) groups is 1. The van der Waals surface area contributed by atoms with Crippen LogP contribution in [0.1, 0.15) is 6.92 Å². The van der Waals surface area contributed by atoms with Crippen LogP contribution in [0.4, 0.5) is 0 Å². The van der Waals surface area contributed by atoms with E-state index in [1.807, 2.05) is 54.6 Å². The summed E-state index contributed by atoms with van der Waals surface area (Å²) in [6.07, 6.45) is 0. The van der Waals surface area contributed by atoms with Crippen molar-refractivity contribution in [2.75, 3.05) is 5.94 Å². The Hall–Kier alpha value is -2.46. The van der Waals surface area contributed by atoms with Gasteiger partial charge in [0.15, 0.2) is 0 Å². The molecule has 0 N–H and O–H groups in total. The maximum atomic E-state index is 11.4. The summed E-state index contributed by atoms with van der Waals surface area (Å²) >= 11 is 1.44. The van der Waals surface area contributed by atoms with Crippen LogP contribution in [-0.4, -0.2) is 11.9 Å². The Bertz CT molecular complexity index is 849. The van der Waals surface area contributed by atoms with Gasteiger partial charge in [0.25, 0.3) is 0 Å². The van der Waals surface area contributed by atoms with E-state index in [1.165, 1.54) is 11.8 Å². The van der Waals surface area contributed by atoms with Crippen molar-refractivity contribution in [2.24, 2.45) is 0 Å². The van der Waals surface area contributed by atoms with Crippen LogP contribution in [0.2, 0.25) is 0 Å². The molecular formula is C19H16O3S. The molecule has 0 aliphatic rings. The average molecular weight is 324 g/mol. The van der Waals surface area contributed by atoms with E-state index in [2.05, 4.69) is 6.58 Å². The lowest BCUT2D eigenvalue weighted by atomic mass is 10.1. The number of benzene rings is 2. The number of carbonyl (C=O) groups excluding carboxylic acids is 1. The molecule has 0 bridgehead atoms. The molecule has 0 amide bonds. The lowest BCUT2D eigenvalue weighted by molar-refractivity contribution is -0.136. The van der Waals surface area contributed by atoms with Crippen LogP contribution in [0.25, 0.3) is 22.3 Å². The fraction of sp³-hybridized carbons (Fsp3) is 0.105. The molecule has 3 aromatic rings. The Balaban J connectivity index is 1.74. The van der Waals surface area contributed by atoms with Crippen molar-refractivity contribution in [3.63, 3.8) is 0 Å². The topological polar surface area (TPSA) is 39.4 Å². The Morgan fingerprint density at radius 1 is 1.17 bits per heavy atom. The monoisotopic (exact) mass is 324 g/mol. The first kappa shape index (κ1) is 15.4. The number of esters is 1. The highest BCUT2D eigenvalue weighted by atomic mass is 32.2. The van der Waals surface area contributed by atoms with Crippen LogP contribution in [0.3, 0.4) is 0 Å². The minimum absolute atomic E-state index is 0.253. The molecule has 0 unspecified atom stereocenters. The minimum Gasteiger partial charge on any atom is -0.456 e. The summed E-state index contributed by atoms with van der Waals surface area (Å²) in [4.78, 5) is 12.3. The summed E-state index contributed by atoms with van der Waals surface area (Å²) in [6.45, 7) is 5.19. The third-order valence-corrected chi connectivity index (χ3v) is 4.14. The summed E-state index contributed by atoms with van der Waals surface area (Å²) in [5.74, 6) is 0.725. The third kappa shape index (κ3) is 3.66. The van der Waals surface area contributed by atoms with Gasteiger partial charge in [-0.15, -0.1) is 0 Å². The number of furan rings is 1. The van der Waals surface area contributed by atoms with Crippen LogP contribution >= 0.6 is 11.8 Å². The molecule has 3 nitrogen and oxygen atoms in total. The van der Waals surface area contributed by atoms with Gasteiger partial charge in [0.2, 0.25) is 0 Å². The van der Waals surface area contributed by atoms with E-state index in [0.29, 0.717) is 5.57 Å². The van der Waals surface area contributed by atoms with Gasteiger partial charge < -0.3 is 9.15 Å². The van der Waals surface area contributed by atoms with Gasteiger partial charge in [-0.05, 0) is 31.2 Å². The van der Waals surface area contributed by atoms with E-state index >= 15 is 0 Å². The van der Waals surface area contributed by atoms with Crippen molar-refractivity contribution in [3.05, 3.63) is 66.7 Å². The van der Waals surface area contributed by atoms with E-state index in [0.717, 1.165) is 27.2 Å². The Labute approximate surface area is 138 Å². The molecule has 0 aliphatic carbocycles. The van der Waals surface area contributed by atoms with Crippen LogP contribution < -0.4 is 0 Å². The summed E-state index contributed by atoms with van der Waals surface area (Å²) in [7, 11) is 0. The molecule has 0 spiro atoms. The van der Waals surface area contributed by atoms with Crippen molar-refractivity contribution >= 4 is 28.7 Å². The molecule has 0 aliphatic heterocycles. The maximum absolute atomic E-state index is 11.4. The fourth-order valence-electron chi connectivity index (χ4n) is 2.12. The van der Waals surface area contributed by atoms with Crippen molar-refractivity contribution in [2.45, 2.75) is 11.8 Å². The van der Waals surface area contributed by atoms with E-state index in [-0.39, 0.29) is 11.9 Å². The molecule has 0 radical (unpaired) electrons. The van der Waals surface area contributed by atoms with Gasteiger partial charge in [0, 0.05) is 21.4 Å². The summed E-state index contributed by atoms with van der Waals surface area (Å²) in [6, 6.07) is 18.0. The minimum atomic E-state index is -0.372. The lowest BCUT2D eigenvalue weighted by Gasteiger charge is -2.03. The van der Waals surface area contributed by atoms with Crippen molar-refractivity contribution < 1.29 is 13.9 Å². The highest BCUT2D eigenvalue weighted by molar-refractivity contribution is 7.99. The highest BCUT2D eigenvalue weighted by Gasteiger charge is 2.08. The van der Waals surface area contributed by atoms with Gasteiger partial charge in [0.05, 0.1) is 0 Å². The molecule has 1 heterocycles. The van der Waals surface area contributed by atoms with E-state index < -0.39 is 0 Å². The van der Waals surface area contributed by atoms with Crippen LogP contribution in [0.15, 0.2) is 76.1 Å². The smallest absolute Gasteiger partial charge is 0.333 e. The molecule has 0 saturated heterocycles. The second-order valence-electron chi connectivity index (χ2n) is 5.15. The molecule has 116 valence electrons. The van der Waals surface area contributed by atoms with E-state index in [1.54, 1.807) is 6.92 Å². The zero-order valence-corrected chi connectivity index (χ0v) is 13.6. The molecule has 3 rings (SSSR count). The quantitative estimate of drug-likeness (QED) is 0.277. The van der Waals surface area contributed by atoms with Gasteiger partial charge in [-0.1, -0.05) is 48.7 Å². The first-order valence-electron chi connectivity index (χ1n) is 7.18. The molecule has 23 heavy (non-hydrogen) atoms. The van der Waals surface area contributed by atoms with Gasteiger partial charge in [-0.2, -0.15) is 0 Å². The standard InChI is InChI=1S/C19H16O3S/c1-13(2)19(20)21-12-23-16-9-8-15-10-17(22-18(15)11-16)14-6-4-3-5-7-14/h3-11H,1,12H2,2H3. The van der Waals surface area contributed by atoms with Crippen molar-refractivity contribution in [1.82, 2.24) is 0 Å². The molecule has 0 fully saturated rings. The van der Waals surface area contributed by atoms with Crippen molar-refractivity contribution in [3.8, 4) is 11.3 Å². The Morgan fingerprint density at radius 2 is 1.96 bits per heavy atom. The molecule has 1 aromatic heterocycles. The largest absolute Gasteiger partial charge is 0.456 e. The first-order chi connectivity index (χ1) is 11.1. The first-order valence-corrected chi connectivity index (χ1v) is 8.16. The Kier molecular flexibility index (Phi) is 4.53. The normalized spacial score (nSPS) is 10.7. The Morgan fingerprint density at radius 3 is 2.70 bits per heavy atom. The fourth-order valence-corrected chi connectivity index (χ4v) is 2.78. The summed E-state index contributed by atoms with van der Waals surface area (Å²) in [5.41, 5.74) is 2.27. The molecule has 2 aromatic carbocycles. The molecular weight excluding hydrogens is 308 g/mol. The predicted molar refractivity (Wildman–Crippen MR) is 93.3 cm³/mol. The number of fused-ring (bicyclic) bond motifs is 1. The third-order valence-electron chi connectivity index (χ3n) is 3.31. The summed E-state index contributed by atoms with van der Waals surface area (Å²) in [5, 5.41) is 1.05. The van der Waals surface area contributed by atoms with Crippen LogP contribution in [0, 0.1) is 0 Å². The number of ether oxygens (including phenoxy) is 1. The van der Waals surface area contributed by atoms with Crippen LogP contribution in [0.5, 0.6) is 0 Å². The van der Waals surface area contributed by atoms with Gasteiger partial charge >= 0.3 is 5.97 Å². The average Bonchev–Trinajstić information content (AvgIpc) is 2.98. The molecule has 0 atom stereocenters. The number of rotatable bonds is 5. The van der Waals surface area contributed by atoms with E-state index in [9.17, 15) is 4.79 Å². The van der Waals surface area contributed by atoms with Gasteiger partial charge in [0.1, 0.15) is 17.3 Å². The SMILES string of the molecule is C=C(C)C(=O)OCSc1ccc2cc(-c3ccccc3)oc2c1. The van der Waals surface area contributed by atoms with Crippen LogP contribution in [-0.2, 0) is 9.53 Å². The number of thioether (sulfide) groups is 1. The predicted octanol–water partition coefficient (Wildman–Crippen LogP) is 5.27. The highest BCUT2D eigenvalue weighted by Crippen LogP contribution is 2.30. The molecule has 0 saturated carbocycles. The second-order valence-corrected chi connectivity index (χ2v) is 6.15.